The normalized spacial score (nSPS) is 16.3. The van der Waals surface area contributed by atoms with Crippen molar-refractivity contribution in [2.24, 2.45) is 5.92 Å². The van der Waals surface area contributed by atoms with Crippen LogP contribution in [0.1, 0.15) is 43.4 Å². The molecule has 0 aliphatic heterocycles. The third-order valence-electron chi connectivity index (χ3n) is 5.47. The van der Waals surface area contributed by atoms with Crippen LogP contribution in [0.15, 0.2) is 48.7 Å². The Morgan fingerprint density at radius 3 is 2.62 bits per heavy atom. The third kappa shape index (κ3) is 5.46. The van der Waals surface area contributed by atoms with E-state index < -0.39 is 0 Å². The summed E-state index contributed by atoms with van der Waals surface area (Å²) < 4.78 is 7.25. The zero-order valence-electron chi connectivity index (χ0n) is 15.8. The summed E-state index contributed by atoms with van der Waals surface area (Å²) in [6.45, 7) is 3.25. The lowest BCUT2D eigenvalue weighted by Gasteiger charge is -2.27. The number of aromatic nitrogens is 1. The Hall–Kier alpha value is -2.07. The van der Waals surface area contributed by atoms with E-state index in [1.807, 2.05) is 6.07 Å². The molecule has 140 valence electrons. The van der Waals surface area contributed by atoms with Crippen LogP contribution in [0.5, 0.6) is 0 Å². The Bertz CT molecular complexity index is 674. The van der Waals surface area contributed by atoms with Crippen molar-refractivity contribution in [1.29, 1.82) is 0 Å². The van der Waals surface area contributed by atoms with Gasteiger partial charge >= 0.3 is 5.97 Å². The lowest BCUT2D eigenvalue weighted by atomic mass is 9.89. The summed E-state index contributed by atoms with van der Waals surface area (Å²) in [7, 11) is 1.48. The minimum atomic E-state index is -0.114. The molecule has 1 aliphatic rings. The first-order chi connectivity index (χ1) is 12.7. The molecule has 0 bridgehead atoms. The highest BCUT2D eigenvalue weighted by Crippen LogP contribution is 2.22. The van der Waals surface area contributed by atoms with Crippen molar-refractivity contribution in [2.45, 2.75) is 45.2 Å². The highest BCUT2D eigenvalue weighted by atomic mass is 16.5. The summed E-state index contributed by atoms with van der Waals surface area (Å²) in [4.78, 5) is 13.2. The number of esters is 1. The van der Waals surface area contributed by atoms with Gasteiger partial charge in [-0.05, 0) is 30.5 Å². The lowest BCUT2D eigenvalue weighted by molar-refractivity contribution is -0.910. The predicted molar refractivity (Wildman–Crippen MR) is 103 cm³/mol. The maximum absolute atomic E-state index is 11.9. The smallest absolute Gasteiger partial charge is 0.361 e. The molecule has 4 heteroatoms. The first-order valence-electron chi connectivity index (χ1n) is 9.83. The van der Waals surface area contributed by atoms with Crippen molar-refractivity contribution >= 4 is 5.97 Å². The van der Waals surface area contributed by atoms with E-state index in [-0.39, 0.29) is 5.97 Å². The fourth-order valence-electron chi connectivity index (χ4n) is 4.08. The molecule has 1 fully saturated rings. The van der Waals surface area contributed by atoms with E-state index in [2.05, 4.69) is 47.2 Å². The van der Waals surface area contributed by atoms with Crippen LogP contribution in [0.25, 0.3) is 0 Å². The van der Waals surface area contributed by atoms with Crippen LogP contribution in [-0.4, -0.2) is 30.7 Å². The van der Waals surface area contributed by atoms with E-state index in [4.69, 9.17) is 4.74 Å². The summed E-state index contributed by atoms with van der Waals surface area (Å²) >= 11 is 0. The number of nitrogens with zero attached hydrogens (tertiary/aromatic N) is 1. The zero-order chi connectivity index (χ0) is 18.2. The average Bonchev–Trinajstić information content (AvgIpc) is 3.10. The standard InChI is InChI=1S/C22H30N2O2/c1-26-22(25)18-23(15-19-9-4-2-5-10-19)17-21-13-8-14-24(21)16-20-11-6-3-7-12-20/h3,6-8,11-14,19H,2,4-5,9-10,15-18H2,1H3/p+1. The molecule has 0 amide bonds. The molecule has 1 unspecified atom stereocenters. The van der Waals surface area contributed by atoms with Gasteiger partial charge in [-0.1, -0.05) is 49.6 Å². The number of carbonyl (C=O) groups is 1. The van der Waals surface area contributed by atoms with E-state index in [1.54, 1.807) is 0 Å². The Balaban J connectivity index is 1.67. The second-order valence-corrected chi connectivity index (χ2v) is 7.50. The average molecular weight is 356 g/mol. The molecule has 1 N–H and O–H groups in total. The van der Waals surface area contributed by atoms with Gasteiger partial charge in [0.2, 0.25) is 0 Å². The molecule has 1 atom stereocenters. The number of hydrogen-bond donors (Lipinski definition) is 1. The number of methoxy groups -OCH3 is 1. The molecule has 0 spiro atoms. The minimum Gasteiger partial charge on any atom is -0.465 e. The highest BCUT2D eigenvalue weighted by Gasteiger charge is 2.23. The molecule has 4 nitrogen and oxygen atoms in total. The molecule has 1 saturated carbocycles. The fourth-order valence-corrected chi connectivity index (χ4v) is 4.08. The fraction of sp³-hybridized carbons (Fsp3) is 0.500. The minimum absolute atomic E-state index is 0.114. The van der Waals surface area contributed by atoms with Crippen LogP contribution in [0.2, 0.25) is 0 Å². The van der Waals surface area contributed by atoms with Crippen molar-refractivity contribution in [2.75, 3.05) is 20.2 Å². The van der Waals surface area contributed by atoms with Gasteiger partial charge in [-0.2, -0.15) is 0 Å². The Kier molecular flexibility index (Phi) is 6.89. The number of quaternary nitrogens is 1. The molecule has 26 heavy (non-hydrogen) atoms. The topological polar surface area (TPSA) is 35.7 Å². The Morgan fingerprint density at radius 2 is 1.88 bits per heavy atom. The Labute approximate surface area is 156 Å². The molecular weight excluding hydrogens is 324 g/mol. The maximum Gasteiger partial charge on any atom is 0.361 e. The molecule has 1 aromatic carbocycles. The van der Waals surface area contributed by atoms with Crippen LogP contribution in [0, 0.1) is 5.92 Å². The first kappa shape index (κ1) is 18.7. The van der Waals surface area contributed by atoms with Crippen molar-refractivity contribution in [3.8, 4) is 0 Å². The molecule has 1 heterocycles. The van der Waals surface area contributed by atoms with E-state index >= 15 is 0 Å². The van der Waals surface area contributed by atoms with Gasteiger partial charge in [-0.15, -0.1) is 0 Å². The zero-order valence-corrected chi connectivity index (χ0v) is 15.8. The second kappa shape index (κ2) is 9.58. The number of carbonyl (C=O) groups excluding carboxylic acids is 1. The first-order valence-corrected chi connectivity index (χ1v) is 9.83. The van der Waals surface area contributed by atoms with Gasteiger partial charge in [0.05, 0.1) is 19.3 Å². The molecular formula is C22H31N2O2+. The highest BCUT2D eigenvalue weighted by molar-refractivity contribution is 5.70. The summed E-state index contributed by atoms with van der Waals surface area (Å²) in [5.74, 6) is 0.623. The molecule has 0 radical (unpaired) electrons. The summed E-state index contributed by atoms with van der Waals surface area (Å²) in [5, 5.41) is 0. The van der Waals surface area contributed by atoms with Crippen molar-refractivity contribution < 1.29 is 14.4 Å². The molecule has 3 rings (SSSR count). The summed E-state index contributed by atoms with van der Waals surface area (Å²) in [5.41, 5.74) is 2.58. The number of hydrogen-bond acceptors (Lipinski definition) is 2. The molecule has 1 aromatic heterocycles. The van der Waals surface area contributed by atoms with Crippen LogP contribution < -0.4 is 4.90 Å². The number of rotatable bonds is 8. The van der Waals surface area contributed by atoms with Gasteiger partial charge in [-0.3, -0.25) is 0 Å². The SMILES string of the molecule is COC(=O)C[NH+](Cc1cccn1Cc1ccccc1)CC1CCCCC1. The van der Waals surface area contributed by atoms with Crippen molar-refractivity contribution in [3.63, 3.8) is 0 Å². The number of nitrogens with one attached hydrogen (secondary N) is 1. The van der Waals surface area contributed by atoms with Crippen LogP contribution in [-0.2, 0) is 22.6 Å². The Morgan fingerprint density at radius 1 is 1.12 bits per heavy atom. The van der Waals surface area contributed by atoms with Crippen LogP contribution >= 0.6 is 0 Å². The number of ether oxygens (including phenoxy) is 1. The van der Waals surface area contributed by atoms with Gasteiger partial charge in [-0.25, -0.2) is 4.79 Å². The van der Waals surface area contributed by atoms with Crippen molar-refractivity contribution in [1.82, 2.24) is 4.57 Å². The van der Waals surface area contributed by atoms with E-state index in [0.29, 0.717) is 6.54 Å². The van der Waals surface area contributed by atoms with Gasteiger partial charge in [0, 0.05) is 18.7 Å². The largest absolute Gasteiger partial charge is 0.465 e. The maximum atomic E-state index is 11.9. The van der Waals surface area contributed by atoms with E-state index in [9.17, 15) is 4.79 Å². The molecule has 1 aliphatic carbocycles. The van der Waals surface area contributed by atoms with Gasteiger partial charge in [0.15, 0.2) is 6.54 Å². The summed E-state index contributed by atoms with van der Waals surface area (Å²) in [6, 6.07) is 14.8. The van der Waals surface area contributed by atoms with Crippen LogP contribution in [0.4, 0.5) is 0 Å². The summed E-state index contributed by atoms with van der Waals surface area (Å²) in [6.07, 6.45) is 8.77. The van der Waals surface area contributed by atoms with Gasteiger partial charge in [0.1, 0.15) is 6.54 Å². The van der Waals surface area contributed by atoms with Crippen molar-refractivity contribution in [3.05, 3.63) is 59.9 Å². The third-order valence-corrected chi connectivity index (χ3v) is 5.47. The van der Waals surface area contributed by atoms with E-state index in [0.717, 1.165) is 25.6 Å². The monoisotopic (exact) mass is 355 g/mol. The second-order valence-electron chi connectivity index (χ2n) is 7.50. The van der Waals surface area contributed by atoms with E-state index in [1.165, 1.54) is 55.4 Å². The lowest BCUT2D eigenvalue weighted by Crippen LogP contribution is -3.12. The van der Waals surface area contributed by atoms with Gasteiger partial charge in [0.25, 0.3) is 0 Å². The van der Waals surface area contributed by atoms with Crippen LogP contribution in [0.3, 0.4) is 0 Å². The number of benzene rings is 1. The quantitative estimate of drug-likeness (QED) is 0.739. The molecule has 2 aromatic rings. The molecule has 0 saturated heterocycles. The predicted octanol–water partition coefficient (Wildman–Crippen LogP) is 2.67. The van der Waals surface area contributed by atoms with Gasteiger partial charge < -0.3 is 14.2 Å².